The van der Waals surface area contributed by atoms with Crippen molar-refractivity contribution in [3.63, 3.8) is 0 Å². The van der Waals surface area contributed by atoms with Gasteiger partial charge in [-0.1, -0.05) is 47.7 Å². The second-order valence-electron chi connectivity index (χ2n) is 7.51. The van der Waals surface area contributed by atoms with E-state index >= 15 is 0 Å². The van der Waals surface area contributed by atoms with Gasteiger partial charge in [0.25, 0.3) is 0 Å². The molecule has 8 nitrogen and oxygen atoms in total. The number of nitrogens with zero attached hydrogens (tertiary/aromatic N) is 6. The molecular formula is C24H23N7OS. The maximum atomic E-state index is 12.4. The van der Waals surface area contributed by atoms with Gasteiger partial charge in [0.1, 0.15) is 5.69 Å². The van der Waals surface area contributed by atoms with E-state index in [0.717, 1.165) is 16.8 Å². The van der Waals surface area contributed by atoms with E-state index in [1.165, 1.54) is 17.3 Å². The van der Waals surface area contributed by atoms with Crippen molar-refractivity contribution in [3.8, 4) is 28.7 Å². The molecule has 0 radical (unpaired) electrons. The highest BCUT2D eigenvalue weighted by Crippen LogP contribution is 2.32. The van der Waals surface area contributed by atoms with Crippen LogP contribution in [-0.2, 0) is 18.4 Å². The molecule has 2 aromatic carbocycles. The number of anilines is 1. The summed E-state index contributed by atoms with van der Waals surface area (Å²) in [5.74, 6) is 0.710. The summed E-state index contributed by atoms with van der Waals surface area (Å²) in [5, 5.41) is 25.9. The minimum absolute atomic E-state index is 0.173. The van der Waals surface area contributed by atoms with Crippen molar-refractivity contribution in [1.29, 1.82) is 5.26 Å². The van der Waals surface area contributed by atoms with Crippen LogP contribution in [-0.4, -0.2) is 36.2 Å². The molecule has 0 saturated carbocycles. The number of carbonyl (C=O) groups excluding carboxylic acids is 1. The Morgan fingerprint density at radius 2 is 1.97 bits per heavy atom. The highest BCUT2D eigenvalue weighted by atomic mass is 32.2. The lowest BCUT2D eigenvalue weighted by Crippen LogP contribution is -2.14. The summed E-state index contributed by atoms with van der Waals surface area (Å²) in [7, 11) is 1.88. The Balaban J connectivity index is 1.54. The minimum atomic E-state index is -0.177. The van der Waals surface area contributed by atoms with Crippen LogP contribution in [0.25, 0.3) is 22.6 Å². The van der Waals surface area contributed by atoms with Crippen molar-refractivity contribution in [2.45, 2.75) is 25.5 Å². The van der Waals surface area contributed by atoms with Gasteiger partial charge in [-0.05, 0) is 32.0 Å². The third-order valence-corrected chi connectivity index (χ3v) is 6.00. The first kappa shape index (κ1) is 22.3. The van der Waals surface area contributed by atoms with Gasteiger partial charge in [0.05, 0.1) is 22.9 Å². The number of benzene rings is 2. The highest BCUT2D eigenvalue weighted by molar-refractivity contribution is 7.99. The maximum Gasteiger partial charge on any atom is 0.234 e. The van der Waals surface area contributed by atoms with Gasteiger partial charge >= 0.3 is 0 Å². The number of carbonyl (C=O) groups is 1. The van der Waals surface area contributed by atoms with E-state index < -0.39 is 0 Å². The molecule has 1 amide bonds. The maximum absolute atomic E-state index is 12.4. The molecule has 0 unspecified atom stereocenters. The summed E-state index contributed by atoms with van der Waals surface area (Å²) in [6.07, 6.45) is 1.94. The predicted molar refractivity (Wildman–Crippen MR) is 129 cm³/mol. The third kappa shape index (κ3) is 4.96. The number of amides is 1. The van der Waals surface area contributed by atoms with Crippen molar-refractivity contribution < 1.29 is 4.79 Å². The molecule has 166 valence electrons. The van der Waals surface area contributed by atoms with Crippen LogP contribution in [0.3, 0.4) is 0 Å². The second kappa shape index (κ2) is 9.71. The SMILES string of the molecule is CCn1c(SCC(=O)Nc2cccc(C#N)c2)nnc1-c1cn(C)nc1-c1ccc(C)cc1. The Morgan fingerprint density at radius 1 is 1.18 bits per heavy atom. The topological polar surface area (TPSA) is 101 Å². The molecule has 0 spiro atoms. The molecule has 0 saturated heterocycles. The number of aromatic nitrogens is 5. The normalized spacial score (nSPS) is 10.7. The number of rotatable bonds is 7. The summed E-state index contributed by atoms with van der Waals surface area (Å²) >= 11 is 1.32. The zero-order valence-electron chi connectivity index (χ0n) is 18.6. The zero-order chi connectivity index (χ0) is 23.4. The molecular weight excluding hydrogens is 434 g/mol. The molecule has 2 aromatic heterocycles. The van der Waals surface area contributed by atoms with Gasteiger partial charge in [-0.2, -0.15) is 10.4 Å². The van der Waals surface area contributed by atoms with Gasteiger partial charge in [-0.25, -0.2) is 0 Å². The molecule has 0 fully saturated rings. The molecule has 0 aliphatic carbocycles. The Bertz CT molecular complexity index is 1330. The molecule has 9 heteroatoms. The lowest BCUT2D eigenvalue weighted by Gasteiger charge is -2.08. The molecule has 0 aliphatic rings. The number of hydrogen-bond acceptors (Lipinski definition) is 6. The zero-order valence-corrected chi connectivity index (χ0v) is 19.4. The van der Waals surface area contributed by atoms with Crippen molar-refractivity contribution in [1.82, 2.24) is 24.5 Å². The molecule has 33 heavy (non-hydrogen) atoms. The largest absolute Gasteiger partial charge is 0.325 e. The van der Waals surface area contributed by atoms with Gasteiger partial charge in [0.15, 0.2) is 11.0 Å². The molecule has 0 bridgehead atoms. The van der Waals surface area contributed by atoms with Gasteiger partial charge < -0.3 is 9.88 Å². The Kier molecular flexibility index (Phi) is 6.56. The first-order valence-electron chi connectivity index (χ1n) is 10.5. The number of thioether (sulfide) groups is 1. The van der Waals surface area contributed by atoms with Gasteiger partial charge in [0.2, 0.25) is 5.91 Å². The fourth-order valence-electron chi connectivity index (χ4n) is 3.45. The van der Waals surface area contributed by atoms with E-state index in [2.05, 4.69) is 57.9 Å². The van der Waals surface area contributed by atoms with E-state index in [9.17, 15) is 4.79 Å². The van der Waals surface area contributed by atoms with Crippen LogP contribution in [0.4, 0.5) is 5.69 Å². The molecule has 4 rings (SSSR count). The van der Waals surface area contributed by atoms with E-state index in [1.54, 1.807) is 28.9 Å². The van der Waals surface area contributed by atoms with Crippen LogP contribution in [0.2, 0.25) is 0 Å². The Labute approximate surface area is 196 Å². The lowest BCUT2D eigenvalue weighted by atomic mass is 10.1. The molecule has 4 aromatic rings. The predicted octanol–water partition coefficient (Wildman–Crippen LogP) is 4.28. The average Bonchev–Trinajstić information content (AvgIpc) is 3.41. The smallest absolute Gasteiger partial charge is 0.234 e. The highest BCUT2D eigenvalue weighted by Gasteiger charge is 2.20. The van der Waals surface area contributed by atoms with Crippen molar-refractivity contribution in [3.05, 3.63) is 65.9 Å². The molecule has 2 heterocycles. The summed E-state index contributed by atoms with van der Waals surface area (Å²) < 4.78 is 3.76. The summed E-state index contributed by atoms with van der Waals surface area (Å²) in [5.41, 5.74) is 5.01. The van der Waals surface area contributed by atoms with E-state index in [0.29, 0.717) is 28.8 Å². The molecule has 1 N–H and O–H groups in total. The fourth-order valence-corrected chi connectivity index (χ4v) is 4.25. The summed E-state index contributed by atoms with van der Waals surface area (Å²) in [6.45, 7) is 4.72. The Hall–Kier alpha value is -3.90. The van der Waals surface area contributed by atoms with Crippen LogP contribution in [0.15, 0.2) is 59.9 Å². The first-order valence-corrected chi connectivity index (χ1v) is 11.4. The number of aryl methyl sites for hydroxylation is 2. The van der Waals surface area contributed by atoms with Crippen molar-refractivity contribution >= 4 is 23.4 Å². The van der Waals surface area contributed by atoms with Gasteiger partial charge in [-0.3, -0.25) is 9.48 Å². The van der Waals surface area contributed by atoms with Crippen LogP contribution in [0.5, 0.6) is 0 Å². The van der Waals surface area contributed by atoms with Gasteiger partial charge in [-0.15, -0.1) is 10.2 Å². The average molecular weight is 458 g/mol. The minimum Gasteiger partial charge on any atom is -0.325 e. The summed E-state index contributed by atoms with van der Waals surface area (Å²) in [4.78, 5) is 12.4. The number of nitrogens with one attached hydrogen (secondary N) is 1. The summed E-state index contributed by atoms with van der Waals surface area (Å²) in [6, 6.07) is 17.1. The first-order chi connectivity index (χ1) is 16.0. The van der Waals surface area contributed by atoms with E-state index in [4.69, 9.17) is 5.26 Å². The quantitative estimate of drug-likeness (QED) is 0.416. The monoisotopic (exact) mass is 457 g/mol. The van der Waals surface area contributed by atoms with Gasteiger partial charge in [0, 0.05) is 31.0 Å². The van der Waals surface area contributed by atoms with E-state index in [1.807, 2.05) is 24.7 Å². The number of nitriles is 1. The molecule has 0 aliphatic heterocycles. The number of hydrogen-bond donors (Lipinski definition) is 1. The second-order valence-corrected chi connectivity index (χ2v) is 8.45. The van der Waals surface area contributed by atoms with Crippen molar-refractivity contribution in [2.75, 3.05) is 11.1 Å². The van der Waals surface area contributed by atoms with E-state index in [-0.39, 0.29) is 11.7 Å². The van der Waals surface area contributed by atoms with Crippen LogP contribution < -0.4 is 5.32 Å². The third-order valence-electron chi connectivity index (χ3n) is 5.04. The lowest BCUT2D eigenvalue weighted by molar-refractivity contribution is -0.113. The fraction of sp³-hybridized carbons (Fsp3) is 0.208. The standard InChI is InChI=1S/C24H23N7OS/c1-4-31-23(20-14-30(3)29-22(20)18-10-8-16(2)9-11-18)27-28-24(31)33-15-21(32)26-19-7-5-6-17(12-19)13-25/h5-12,14H,4,15H2,1-3H3,(H,26,32). The Morgan fingerprint density at radius 3 is 2.70 bits per heavy atom. The van der Waals surface area contributed by atoms with Crippen LogP contribution in [0, 0.1) is 18.3 Å². The van der Waals surface area contributed by atoms with Crippen LogP contribution >= 0.6 is 11.8 Å². The van der Waals surface area contributed by atoms with Crippen molar-refractivity contribution in [2.24, 2.45) is 7.05 Å². The molecule has 0 atom stereocenters. The van der Waals surface area contributed by atoms with Crippen LogP contribution in [0.1, 0.15) is 18.1 Å².